The van der Waals surface area contributed by atoms with Gasteiger partial charge in [0.25, 0.3) is 5.91 Å². The summed E-state index contributed by atoms with van der Waals surface area (Å²) in [6.45, 7) is 4.44. The maximum atomic E-state index is 12.9. The summed E-state index contributed by atoms with van der Waals surface area (Å²) in [5.41, 5.74) is 1.21. The number of carbonyl (C=O) groups is 2. The van der Waals surface area contributed by atoms with E-state index in [1.807, 2.05) is 55.5 Å². The van der Waals surface area contributed by atoms with Gasteiger partial charge in [0.15, 0.2) is 6.61 Å². The number of hydrogen-bond acceptors (Lipinski definition) is 7. The van der Waals surface area contributed by atoms with Crippen LogP contribution in [0.5, 0.6) is 11.5 Å². The van der Waals surface area contributed by atoms with Gasteiger partial charge >= 0.3 is 5.97 Å². The molecule has 1 N–H and O–H groups in total. The maximum absolute atomic E-state index is 12.9. The Bertz CT molecular complexity index is 1130. The highest BCUT2D eigenvalue weighted by molar-refractivity contribution is 6.00. The second-order valence-electron chi connectivity index (χ2n) is 7.93. The highest BCUT2D eigenvalue weighted by Gasteiger charge is 2.23. The van der Waals surface area contributed by atoms with Crippen molar-refractivity contribution in [1.82, 2.24) is 10.3 Å². The van der Waals surface area contributed by atoms with Crippen LogP contribution >= 0.6 is 0 Å². The first-order valence-corrected chi connectivity index (χ1v) is 11.6. The van der Waals surface area contributed by atoms with Gasteiger partial charge in [-0.1, -0.05) is 18.2 Å². The normalized spacial score (nSPS) is 13.0. The van der Waals surface area contributed by atoms with Crippen molar-refractivity contribution in [3.05, 3.63) is 60.2 Å². The van der Waals surface area contributed by atoms with Crippen LogP contribution in [0.15, 0.2) is 54.6 Å². The number of anilines is 1. The van der Waals surface area contributed by atoms with E-state index in [4.69, 9.17) is 19.2 Å². The summed E-state index contributed by atoms with van der Waals surface area (Å²) < 4.78 is 16.3. The molecule has 2 aromatic carbocycles. The second kappa shape index (κ2) is 11.4. The van der Waals surface area contributed by atoms with E-state index in [1.54, 1.807) is 6.07 Å². The number of esters is 1. The number of pyridine rings is 1. The highest BCUT2D eigenvalue weighted by atomic mass is 16.5. The van der Waals surface area contributed by atoms with Gasteiger partial charge in [-0.3, -0.25) is 4.79 Å². The van der Waals surface area contributed by atoms with Gasteiger partial charge in [0, 0.05) is 18.5 Å². The van der Waals surface area contributed by atoms with E-state index < -0.39 is 5.97 Å². The molecule has 8 nitrogen and oxygen atoms in total. The van der Waals surface area contributed by atoms with Crippen LogP contribution in [-0.2, 0) is 9.53 Å². The molecule has 0 aliphatic carbocycles. The average Bonchev–Trinajstić information content (AvgIpc) is 3.40. The van der Waals surface area contributed by atoms with Gasteiger partial charge in [0.05, 0.1) is 18.7 Å². The molecule has 1 aliphatic rings. The van der Waals surface area contributed by atoms with Gasteiger partial charge in [0.1, 0.15) is 29.5 Å². The van der Waals surface area contributed by atoms with E-state index in [-0.39, 0.29) is 12.5 Å². The zero-order valence-electron chi connectivity index (χ0n) is 19.3. The maximum Gasteiger partial charge on any atom is 0.342 e. The number of hydrogen-bond donors (Lipinski definition) is 1. The minimum Gasteiger partial charge on any atom is -0.494 e. The Labute approximate surface area is 198 Å². The molecule has 3 aromatic rings. The van der Waals surface area contributed by atoms with Crippen molar-refractivity contribution in [2.75, 3.05) is 44.4 Å². The third-order valence-corrected chi connectivity index (χ3v) is 5.49. The molecule has 0 unspecified atom stereocenters. The first-order chi connectivity index (χ1) is 16.6. The standard InChI is InChI=1S/C26H29N3O5/c1-2-32-20-9-11-21(12-10-20)33-16-13-27-24(30)18-34-26(31)22-17-19-7-3-4-8-23(19)28-25(22)29-14-5-6-15-29/h3-4,7-12,17H,2,5-6,13-16,18H2,1H3,(H,27,30). The van der Waals surface area contributed by atoms with Crippen LogP contribution < -0.4 is 19.7 Å². The molecule has 1 amide bonds. The van der Waals surface area contributed by atoms with Crippen LogP contribution in [0, 0.1) is 0 Å². The summed E-state index contributed by atoms with van der Waals surface area (Å²) in [4.78, 5) is 31.8. The number of amides is 1. The number of aromatic nitrogens is 1. The minimum absolute atomic E-state index is 0.292. The van der Waals surface area contributed by atoms with Crippen molar-refractivity contribution in [2.45, 2.75) is 19.8 Å². The summed E-state index contributed by atoms with van der Waals surface area (Å²) in [5, 5.41) is 3.55. The molecule has 34 heavy (non-hydrogen) atoms. The predicted octanol–water partition coefficient (Wildman–Crippen LogP) is 3.59. The zero-order chi connectivity index (χ0) is 23.8. The van der Waals surface area contributed by atoms with Crippen molar-refractivity contribution in [1.29, 1.82) is 0 Å². The number of nitrogens with one attached hydrogen (secondary N) is 1. The Kier molecular flexibility index (Phi) is 7.80. The summed E-state index contributed by atoms with van der Waals surface area (Å²) in [5.74, 6) is 1.13. The fourth-order valence-corrected chi connectivity index (χ4v) is 3.84. The van der Waals surface area contributed by atoms with Crippen molar-refractivity contribution in [3.8, 4) is 11.5 Å². The van der Waals surface area contributed by atoms with E-state index in [0.717, 1.165) is 42.6 Å². The molecule has 178 valence electrons. The van der Waals surface area contributed by atoms with Crippen LogP contribution in [0.2, 0.25) is 0 Å². The largest absolute Gasteiger partial charge is 0.494 e. The molecule has 0 saturated carbocycles. The van der Waals surface area contributed by atoms with Gasteiger partial charge in [0.2, 0.25) is 0 Å². The number of rotatable bonds is 10. The Morgan fingerprint density at radius 2 is 1.71 bits per heavy atom. The molecule has 1 aromatic heterocycles. The van der Waals surface area contributed by atoms with Crippen LogP contribution in [0.25, 0.3) is 10.9 Å². The van der Waals surface area contributed by atoms with Crippen LogP contribution in [0.1, 0.15) is 30.1 Å². The lowest BCUT2D eigenvalue weighted by Gasteiger charge is -2.20. The number of fused-ring (bicyclic) bond motifs is 1. The molecule has 0 bridgehead atoms. The van der Waals surface area contributed by atoms with Gasteiger partial charge in [-0.15, -0.1) is 0 Å². The smallest absolute Gasteiger partial charge is 0.342 e. The minimum atomic E-state index is -0.555. The first-order valence-electron chi connectivity index (χ1n) is 11.6. The van der Waals surface area contributed by atoms with Gasteiger partial charge in [-0.25, -0.2) is 9.78 Å². The fourth-order valence-electron chi connectivity index (χ4n) is 3.84. The van der Waals surface area contributed by atoms with Crippen molar-refractivity contribution < 1.29 is 23.8 Å². The lowest BCUT2D eigenvalue weighted by molar-refractivity contribution is -0.124. The topological polar surface area (TPSA) is 90.0 Å². The Hall–Kier alpha value is -3.81. The SMILES string of the molecule is CCOc1ccc(OCCNC(=O)COC(=O)c2cc3ccccc3nc2N2CCCC2)cc1. The molecular formula is C26H29N3O5. The molecule has 0 radical (unpaired) electrons. The number of benzene rings is 2. The molecule has 4 rings (SSSR count). The molecule has 0 spiro atoms. The summed E-state index contributed by atoms with van der Waals surface area (Å²) in [6.07, 6.45) is 2.12. The van der Waals surface area contributed by atoms with Gasteiger partial charge in [-0.2, -0.15) is 0 Å². The first kappa shape index (κ1) is 23.4. The highest BCUT2D eigenvalue weighted by Crippen LogP contribution is 2.27. The Balaban J connectivity index is 1.28. The number of carbonyl (C=O) groups excluding carboxylic acids is 2. The quantitative estimate of drug-likeness (QED) is 0.363. The number of ether oxygens (including phenoxy) is 3. The van der Waals surface area contributed by atoms with Crippen molar-refractivity contribution in [2.24, 2.45) is 0 Å². The summed E-state index contributed by atoms with van der Waals surface area (Å²) >= 11 is 0. The predicted molar refractivity (Wildman–Crippen MR) is 130 cm³/mol. The molecule has 1 aliphatic heterocycles. The Morgan fingerprint density at radius 3 is 2.44 bits per heavy atom. The monoisotopic (exact) mass is 463 g/mol. The molecule has 2 heterocycles. The van der Waals surface area contributed by atoms with Crippen molar-refractivity contribution in [3.63, 3.8) is 0 Å². The molecule has 1 fully saturated rings. The van der Waals surface area contributed by atoms with E-state index >= 15 is 0 Å². The van der Waals surface area contributed by atoms with E-state index in [9.17, 15) is 9.59 Å². The van der Waals surface area contributed by atoms with Crippen LogP contribution in [0.4, 0.5) is 5.82 Å². The summed E-state index contributed by atoms with van der Waals surface area (Å²) in [7, 11) is 0. The fraction of sp³-hybridized carbons (Fsp3) is 0.346. The molecule has 0 atom stereocenters. The van der Waals surface area contributed by atoms with Gasteiger partial charge in [-0.05, 0) is 56.2 Å². The second-order valence-corrected chi connectivity index (χ2v) is 7.93. The van der Waals surface area contributed by atoms with Crippen LogP contribution in [0.3, 0.4) is 0 Å². The third-order valence-electron chi connectivity index (χ3n) is 5.49. The lowest BCUT2D eigenvalue weighted by Crippen LogP contribution is -2.32. The lowest BCUT2D eigenvalue weighted by atomic mass is 10.1. The molecule has 1 saturated heterocycles. The number of para-hydroxylation sites is 1. The van der Waals surface area contributed by atoms with E-state index in [1.165, 1.54) is 0 Å². The van der Waals surface area contributed by atoms with Gasteiger partial charge < -0.3 is 24.4 Å². The van der Waals surface area contributed by atoms with E-state index in [2.05, 4.69) is 10.2 Å². The summed E-state index contributed by atoms with van der Waals surface area (Å²) in [6, 6.07) is 16.7. The third kappa shape index (κ3) is 5.95. The number of nitrogens with zero attached hydrogens (tertiary/aromatic N) is 2. The molecule has 8 heteroatoms. The zero-order valence-corrected chi connectivity index (χ0v) is 19.3. The average molecular weight is 464 g/mol. The van der Waals surface area contributed by atoms with Crippen molar-refractivity contribution >= 4 is 28.6 Å². The van der Waals surface area contributed by atoms with Crippen LogP contribution in [-0.4, -0.2) is 56.3 Å². The Morgan fingerprint density at radius 1 is 1.00 bits per heavy atom. The van der Waals surface area contributed by atoms with E-state index in [0.29, 0.717) is 36.9 Å². The molecular weight excluding hydrogens is 434 g/mol.